The number of hydroxylamine groups is 1. The van der Waals surface area contributed by atoms with Crippen molar-refractivity contribution in [1.82, 2.24) is 5.48 Å². The Morgan fingerprint density at radius 1 is 1.27 bits per heavy atom. The summed E-state index contributed by atoms with van der Waals surface area (Å²) in [6, 6.07) is 6.01. The molecule has 2 saturated heterocycles. The van der Waals surface area contributed by atoms with Gasteiger partial charge in [0.05, 0.1) is 5.56 Å². The normalized spacial score (nSPS) is 21.9. The summed E-state index contributed by atoms with van der Waals surface area (Å²) in [4.78, 5) is 20.2. The Morgan fingerprint density at radius 3 is 2.82 bits per heavy atom. The molecule has 1 N–H and O–H groups in total. The van der Waals surface area contributed by atoms with Gasteiger partial charge in [0, 0.05) is 31.8 Å². The summed E-state index contributed by atoms with van der Waals surface area (Å²) in [5.74, 6) is -0.195. The van der Waals surface area contributed by atoms with Gasteiger partial charge in [0.2, 0.25) is 0 Å². The summed E-state index contributed by atoms with van der Waals surface area (Å²) in [6.45, 7) is 4.71. The van der Waals surface area contributed by atoms with Crippen molar-refractivity contribution in [3.8, 4) is 0 Å². The fraction of sp³-hybridized carbons (Fsp3) is 0.588. The van der Waals surface area contributed by atoms with Crippen LogP contribution in [0.25, 0.3) is 0 Å². The van der Waals surface area contributed by atoms with E-state index in [4.69, 9.17) is 9.57 Å². The minimum Gasteiger partial charge on any atom is -0.371 e. The van der Waals surface area contributed by atoms with Crippen LogP contribution in [0.5, 0.6) is 0 Å². The number of benzene rings is 1. The summed E-state index contributed by atoms with van der Waals surface area (Å²) in [6.07, 6.45) is 5.00. The predicted octanol–water partition coefficient (Wildman–Crippen LogP) is 2.78. The smallest absolute Gasteiger partial charge is 0.277 e. The van der Waals surface area contributed by atoms with Crippen LogP contribution >= 0.6 is 0 Å². The lowest BCUT2D eigenvalue weighted by molar-refractivity contribution is -0.186. The first-order valence-corrected chi connectivity index (χ1v) is 8.17. The number of nitrogens with zero attached hydrogens (tertiary/aromatic N) is 1. The number of hydrogen-bond acceptors (Lipinski definition) is 4. The number of ether oxygens (including phenoxy) is 1. The third-order valence-corrected chi connectivity index (χ3v) is 4.26. The second kappa shape index (κ2) is 7.11. The van der Waals surface area contributed by atoms with Crippen molar-refractivity contribution in [3.05, 3.63) is 29.3 Å². The monoisotopic (exact) mass is 304 g/mol. The first kappa shape index (κ1) is 15.3. The Morgan fingerprint density at radius 2 is 2.09 bits per heavy atom. The molecule has 2 heterocycles. The van der Waals surface area contributed by atoms with Crippen molar-refractivity contribution in [2.45, 2.75) is 45.3 Å². The highest BCUT2D eigenvalue weighted by Gasteiger charge is 2.21. The topological polar surface area (TPSA) is 50.8 Å². The van der Waals surface area contributed by atoms with E-state index in [1.54, 1.807) is 0 Å². The molecule has 0 bridgehead atoms. The Kier molecular flexibility index (Phi) is 4.95. The van der Waals surface area contributed by atoms with Gasteiger partial charge >= 0.3 is 0 Å². The maximum Gasteiger partial charge on any atom is 0.277 e. The van der Waals surface area contributed by atoms with E-state index in [1.807, 2.05) is 19.1 Å². The van der Waals surface area contributed by atoms with Gasteiger partial charge in [-0.05, 0) is 44.7 Å². The highest BCUT2D eigenvalue weighted by atomic mass is 16.8. The lowest BCUT2D eigenvalue weighted by Gasteiger charge is -2.24. The van der Waals surface area contributed by atoms with Gasteiger partial charge in [-0.1, -0.05) is 11.6 Å². The molecule has 22 heavy (non-hydrogen) atoms. The van der Waals surface area contributed by atoms with Crippen molar-refractivity contribution < 1.29 is 14.4 Å². The highest BCUT2D eigenvalue weighted by molar-refractivity contribution is 5.99. The SMILES string of the molecule is Cc1ccc(N2CCCC2)c(C(=O)NOC2CCCCO2)c1. The zero-order chi connectivity index (χ0) is 15.4. The first-order chi connectivity index (χ1) is 10.7. The minimum absolute atomic E-state index is 0.195. The van der Waals surface area contributed by atoms with E-state index in [2.05, 4.69) is 16.4 Å². The Hall–Kier alpha value is -1.59. The molecule has 1 aromatic rings. The second-order valence-electron chi connectivity index (χ2n) is 6.06. The third-order valence-electron chi connectivity index (χ3n) is 4.26. The van der Waals surface area contributed by atoms with Crippen molar-refractivity contribution in [3.63, 3.8) is 0 Å². The lowest BCUT2D eigenvalue weighted by Crippen LogP contribution is -2.34. The Bertz CT molecular complexity index is 521. The molecule has 0 aromatic heterocycles. The average molecular weight is 304 g/mol. The number of carbonyl (C=O) groups excluding carboxylic acids is 1. The molecule has 3 rings (SSSR count). The maximum atomic E-state index is 12.5. The Balaban J connectivity index is 1.68. The fourth-order valence-corrected chi connectivity index (χ4v) is 3.04. The first-order valence-electron chi connectivity index (χ1n) is 8.17. The molecular weight excluding hydrogens is 280 g/mol. The molecule has 120 valence electrons. The van der Waals surface area contributed by atoms with Crippen LogP contribution in [0.3, 0.4) is 0 Å². The molecule has 2 aliphatic heterocycles. The van der Waals surface area contributed by atoms with E-state index >= 15 is 0 Å². The maximum absolute atomic E-state index is 12.5. The van der Waals surface area contributed by atoms with Crippen LogP contribution in [-0.2, 0) is 9.57 Å². The molecule has 1 aromatic carbocycles. The van der Waals surface area contributed by atoms with Gasteiger partial charge in [-0.15, -0.1) is 0 Å². The number of aryl methyl sites for hydroxylation is 1. The number of anilines is 1. The van der Waals surface area contributed by atoms with Crippen LogP contribution in [0.15, 0.2) is 18.2 Å². The molecule has 0 spiro atoms. The van der Waals surface area contributed by atoms with Gasteiger partial charge in [-0.2, -0.15) is 0 Å². The largest absolute Gasteiger partial charge is 0.371 e. The van der Waals surface area contributed by atoms with Crippen molar-refractivity contribution >= 4 is 11.6 Å². The summed E-state index contributed by atoms with van der Waals surface area (Å²) >= 11 is 0. The van der Waals surface area contributed by atoms with Gasteiger partial charge in [-0.3, -0.25) is 4.79 Å². The van der Waals surface area contributed by atoms with Gasteiger partial charge in [0.15, 0.2) is 6.29 Å². The van der Waals surface area contributed by atoms with E-state index in [0.717, 1.165) is 43.6 Å². The van der Waals surface area contributed by atoms with Crippen LogP contribution in [0, 0.1) is 6.92 Å². The molecule has 0 radical (unpaired) electrons. The molecule has 2 fully saturated rings. The Labute approximate surface area is 131 Å². The van der Waals surface area contributed by atoms with Crippen LogP contribution < -0.4 is 10.4 Å². The number of hydrogen-bond donors (Lipinski definition) is 1. The van der Waals surface area contributed by atoms with Crippen LogP contribution in [0.2, 0.25) is 0 Å². The van der Waals surface area contributed by atoms with Gasteiger partial charge in [-0.25, -0.2) is 10.3 Å². The van der Waals surface area contributed by atoms with Gasteiger partial charge in [0.25, 0.3) is 5.91 Å². The summed E-state index contributed by atoms with van der Waals surface area (Å²) < 4.78 is 5.47. The number of amides is 1. The molecule has 5 nitrogen and oxygen atoms in total. The van der Waals surface area contributed by atoms with Crippen molar-refractivity contribution in [1.29, 1.82) is 0 Å². The van der Waals surface area contributed by atoms with E-state index in [1.165, 1.54) is 12.8 Å². The summed E-state index contributed by atoms with van der Waals surface area (Å²) in [5.41, 5.74) is 5.31. The minimum atomic E-state index is -0.322. The molecule has 0 saturated carbocycles. The van der Waals surface area contributed by atoms with Crippen molar-refractivity contribution in [2.24, 2.45) is 0 Å². The number of carbonyl (C=O) groups is 1. The quantitative estimate of drug-likeness (QED) is 0.869. The zero-order valence-electron chi connectivity index (χ0n) is 13.1. The van der Waals surface area contributed by atoms with Gasteiger partial charge < -0.3 is 9.64 Å². The van der Waals surface area contributed by atoms with Crippen LogP contribution in [0.1, 0.15) is 48.0 Å². The molecule has 0 aliphatic carbocycles. The predicted molar refractivity (Wildman–Crippen MR) is 84.8 cm³/mol. The number of nitrogens with one attached hydrogen (secondary N) is 1. The average Bonchev–Trinajstić information content (AvgIpc) is 3.08. The lowest BCUT2D eigenvalue weighted by atomic mass is 10.1. The molecular formula is C17H24N2O3. The molecule has 1 amide bonds. The standard InChI is InChI=1S/C17H24N2O3/c1-13-7-8-15(19-9-3-4-10-19)14(12-13)17(20)18-22-16-6-2-5-11-21-16/h7-8,12,16H,2-6,9-11H2,1H3,(H,18,20). The second-order valence-corrected chi connectivity index (χ2v) is 6.06. The van der Waals surface area contributed by atoms with E-state index < -0.39 is 0 Å². The molecule has 2 aliphatic rings. The third kappa shape index (κ3) is 3.59. The van der Waals surface area contributed by atoms with Crippen molar-refractivity contribution in [2.75, 3.05) is 24.6 Å². The van der Waals surface area contributed by atoms with Gasteiger partial charge in [0.1, 0.15) is 0 Å². The van der Waals surface area contributed by atoms with Crippen LogP contribution in [-0.4, -0.2) is 31.9 Å². The molecule has 1 atom stereocenters. The zero-order valence-corrected chi connectivity index (χ0v) is 13.1. The van der Waals surface area contributed by atoms with E-state index in [-0.39, 0.29) is 12.2 Å². The fourth-order valence-electron chi connectivity index (χ4n) is 3.04. The van der Waals surface area contributed by atoms with E-state index in [9.17, 15) is 4.79 Å². The number of rotatable bonds is 4. The summed E-state index contributed by atoms with van der Waals surface area (Å²) in [5, 5.41) is 0. The van der Waals surface area contributed by atoms with Crippen LogP contribution in [0.4, 0.5) is 5.69 Å². The van der Waals surface area contributed by atoms with E-state index in [0.29, 0.717) is 12.2 Å². The summed E-state index contributed by atoms with van der Waals surface area (Å²) in [7, 11) is 0. The highest BCUT2D eigenvalue weighted by Crippen LogP contribution is 2.26. The molecule has 5 heteroatoms. The molecule has 1 unspecified atom stereocenters.